The van der Waals surface area contributed by atoms with Crippen molar-refractivity contribution in [1.29, 1.82) is 0 Å². The first-order chi connectivity index (χ1) is 12.9. The largest absolute Gasteiger partial charge is 0.479 e. The molecule has 0 aliphatic carbocycles. The van der Waals surface area contributed by atoms with E-state index in [2.05, 4.69) is 4.98 Å². The molecule has 27 heavy (non-hydrogen) atoms. The number of hydrogen-bond donors (Lipinski definition) is 1. The number of ether oxygens (including phenoxy) is 1. The van der Waals surface area contributed by atoms with Crippen LogP contribution in [0.3, 0.4) is 0 Å². The van der Waals surface area contributed by atoms with Gasteiger partial charge in [-0.2, -0.15) is 0 Å². The second kappa shape index (κ2) is 8.15. The summed E-state index contributed by atoms with van der Waals surface area (Å²) in [6.07, 6.45) is 1.91. The summed E-state index contributed by atoms with van der Waals surface area (Å²) in [6.45, 7) is 3.74. The number of halogens is 2. The highest BCUT2D eigenvalue weighted by atomic mass is 35.5. The van der Waals surface area contributed by atoms with Crippen LogP contribution in [0.25, 0.3) is 10.9 Å². The number of carbonyl (C=O) groups is 1. The number of nitrogens with zero attached hydrogens (tertiary/aromatic N) is 1. The van der Waals surface area contributed by atoms with Crippen LogP contribution in [0.2, 0.25) is 10.0 Å². The topological polar surface area (TPSA) is 59.4 Å². The number of benzene rings is 2. The van der Waals surface area contributed by atoms with Crippen LogP contribution in [0.15, 0.2) is 42.6 Å². The Morgan fingerprint density at radius 1 is 1.19 bits per heavy atom. The molecule has 3 aromatic rings. The van der Waals surface area contributed by atoms with Crippen LogP contribution in [-0.4, -0.2) is 22.2 Å². The molecular weight excluding hydrogens is 385 g/mol. The number of fused-ring (bicyclic) bond motifs is 1. The summed E-state index contributed by atoms with van der Waals surface area (Å²) in [7, 11) is 0. The predicted octanol–water partition coefficient (Wildman–Crippen LogP) is 5.68. The molecule has 6 heteroatoms. The molecule has 1 N–H and O–H groups in total. The van der Waals surface area contributed by atoms with Gasteiger partial charge >= 0.3 is 5.97 Å². The van der Waals surface area contributed by atoms with Crippen LogP contribution in [0.1, 0.15) is 30.0 Å². The molecule has 0 amide bonds. The lowest BCUT2D eigenvalue weighted by atomic mass is 9.98. The number of hydrogen-bond acceptors (Lipinski definition) is 3. The van der Waals surface area contributed by atoms with E-state index in [0.717, 1.165) is 22.1 Å². The molecule has 0 aliphatic heterocycles. The number of pyridine rings is 1. The van der Waals surface area contributed by atoms with E-state index in [1.165, 1.54) is 0 Å². The predicted molar refractivity (Wildman–Crippen MR) is 108 cm³/mol. The summed E-state index contributed by atoms with van der Waals surface area (Å²) in [5, 5.41) is 11.3. The monoisotopic (exact) mass is 403 g/mol. The number of aromatic nitrogens is 1. The molecule has 3 rings (SSSR count). The smallest absolute Gasteiger partial charge is 0.344 e. The fourth-order valence-electron chi connectivity index (χ4n) is 3.00. The first-order valence-corrected chi connectivity index (χ1v) is 9.37. The van der Waals surface area contributed by atoms with Crippen molar-refractivity contribution in [2.45, 2.75) is 32.8 Å². The number of aliphatic carboxylic acids is 1. The highest BCUT2D eigenvalue weighted by Crippen LogP contribution is 2.35. The molecule has 1 aromatic heterocycles. The van der Waals surface area contributed by atoms with Gasteiger partial charge in [0.15, 0.2) is 6.10 Å². The molecule has 140 valence electrons. The first kappa shape index (κ1) is 19.5. The van der Waals surface area contributed by atoms with Crippen LogP contribution in [0.5, 0.6) is 5.75 Å². The normalized spacial score (nSPS) is 12.1. The lowest BCUT2D eigenvalue weighted by Gasteiger charge is -2.18. The zero-order valence-electron chi connectivity index (χ0n) is 15.0. The molecular formula is C21H19Cl2NO3. The second-order valence-corrected chi connectivity index (χ2v) is 7.18. The molecule has 0 radical (unpaired) electrons. The SMILES string of the molecule is CCC(Oc1ccc(Cl)c2ncc(Cc3ccc(Cl)cc3)c(C)c12)C(=O)O. The minimum atomic E-state index is -0.997. The van der Waals surface area contributed by atoms with Gasteiger partial charge in [-0.05, 0) is 60.7 Å². The third-order valence-electron chi connectivity index (χ3n) is 4.52. The number of carboxylic acid groups (broad SMARTS) is 1. The molecule has 1 unspecified atom stereocenters. The van der Waals surface area contributed by atoms with Crippen LogP contribution < -0.4 is 4.74 Å². The Morgan fingerprint density at radius 3 is 2.52 bits per heavy atom. The minimum absolute atomic E-state index is 0.358. The molecule has 4 nitrogen and oxygen atoms in total. The van der Waals surface area contributed by atoms with E-state index < -0.39 is 12.1 Å². The van der Waals surface area contributed by atoms with Crippen LogP contribution >= 0.6 is 23.2 Å². The average molecular weight is 404 g/mol. The maximum Gasteiger partial charge on any atom is 0.344 e. The third-order valence-corrected chi connectivity index (χ3v) is 5.08. The summed E-state index contributed by atoms with van der Waals surface area (Å²) >= 11 is 12.3. The quantitative estimate of drug-likeness (QED) is 0.574. The summed E-state index contributed by atoms with van der Waals surface area (Å²) in [5.74, 6) is -0.518. The van der Waals surface area contributed by atoms with Crippen molar-refractivity contribution < 1.29 is 14.6 Å². The number of rotatable bonds is 6. The Balaban J connectivity index is 2.08. The minimum Gasteiger partial charge on any atom is -0.479 e. The molecule has 0 saturated carbocycles. The molecule has 0 bridgehead atoms. The summed E-state index contributed by atoms with van der Waals surface area (Å²) in [5.41, 5.74) is 3.69. The third kappa shape index (κ3) is 4.18. The van der Waals surface area contributed by atoms with Gasteiger partial charge in [-0.1, -0.05) is 42.3 Å². The number of carboxylic acids is 1. The molecule has 0 aliphatic rings. The Labute approximate surface area is 167 Å². The summed E-state index contributed by atoms with van der Waals surface area (Å²) in [4.78, 5) is 15.9. The van der Waals surface area contributed by atoms with E-state index >= 15 is 0 Å². The van der Waals surface area contributed by atoms with E-state index in [1.54, 1.807) is 25.3 Å². The Kier molecular flexibility index (Phi) is 5.88. The second-order valence-electron chi connectivity index (χ2n) is 6.33. The summed E-state index contributed by atoms with van der Waals surface area (Å²) in [6, 6.07) is 11.0. The molecule has 1 heterocycles. The van der Waals surface area contributed by atoms with Crippen molar-refractivity contribution in [2.24, 2.45) is 0 Å². The summed E-state index contributed by atoms with van der Waals surface area (Å²) < 4.78 is 5.78. The maximum absolute atomic E-state index is 11.4. The van der Waals surface area contributed by atoms with E-state index in [1.807, 2.05) is 31.2 Å². The first-order valence-electron chi connectivity index (χ1n) is 8.61. The zero-order valence-corrected chi connectivity index (χ0v) is 16.5. The fourth-order valence-corrected chi connectivity index (χ4v) is 3.33. The van der Waals surface area contributed by atoms with Crippen LogP contribution in [0, 0.1) is 6.92 Å². The molecule has 0 spiro atoms. The Hall–Kier alpha value is -2.30. The van der Waals surface area contributed by atoms with Crippen molar-refractivity contribution in [1.82, 2.24) is 4.98 Å². The Morgan fingerprint density at radius 2 is 1.89 bits per heavy atom. The highest BCUT2D eigenvalue weighted by molar-refractivity contribution is 6.35. The van der Waals surface area contributed by atoms with Gasteiger partial charge < -0.3 is 9.84 Å². The molecule has 0 saturated heterocycles. The van der Waals surface area contributed by atoms with Crippen molar-refractivity contribution in [3.8, 4) is 5.75 Å². The van der Waals surface area contributed by atoms with Gasteiger partial charge in [0.2, 0.25) is 0 Å². The van der Waals surface area contributed by atoms with Crippen molar-refractivity contribution in [2.75, 3.05) is 0 Å². The standard InChI is InChI=1S/C21H19Cl2NO3/c1-3-17(21(25)26)27-18-9-8-16(23)20-19(18)12(2)14(11-24-20)10-13-4-6-15(22)7-5-13/h4-9,11,17H,3,10H2,1-2H3,(H,25,26). The van der Waals surface area contributed by atoms with Gasteiger partial charge in [0, 0.05) is 16.6 Å². The van der Waals surface area contributed by atoms with E-state index in [4.69, 9.17) is 27.9 Å². The van der Waals surface area contributed by atoms with Crippen molar-refractivity contribution in [3.63, 3.8) is 0 Å². The van der Waals surface area contributed by atoms with Crippen molar-refractivity contribution in [3.05, 3.63) is 69.3 Å². The van der Waals surface area contributed by atoms with Crippen LogP contribution in [-0.2, 0) is 11.2 Å². The average Bonchev–Trinajstić information content (AvgIpc) is 2.65. The van der Waals surface area contributed by atoms with Crippen molar-refractivity contribution >= 4 is 40.1 Å². The van der Waals surface area contributed by atoms with Gasteiger partial charge in [0.05, 0.1) is 10.5 Å². The molecule has 0 fully saturated rings. The van der Waals surface area contributed by atoms with Gasteiger partial charge in [-0.15, -0.1) is 0 Å². The lowest BCUT2D eigenvalue weighted by molar-refractivity contribution is -0.145. The lowest BCUT2D eigenvalue weighted by Crippen LogP contribution is -2.26. The van der Waals surface area contributed by atoms with E-state index in [9.17, 15) is 9.90 Å². The van der Waals surface area contributed by atoms with Gasteiger partial charge in [0.1, 0.15) is 5.75 Å². The van der Waals surface area contributed by atoms with Crippen LogP contribution in [0.4, 0.5) is 0 Å². The Bertz CT molecular complexity index is 987. The molecule has 1 atom stereocenters. The highest BCUT2D eigenvalue weighted by Gasteiger charge is 2.20. The van der Waals surface area contributed by atoms with E-state index in [0.29, 0.717) is 34.2 Å². The molecule has 2 aromatic carbocycles. The van der Waals surface area contributed by atoms with E-state index in [-0.39, 0.29) is 0 Å². The number of aryl methyl sites for hydroxylation is 1. The zero-order chi connectivity index (χ0) is 19.6. The van der Waals surface area contributed by atoms with Gasteiger partial charge in [0.25, 0.3) is 0 Å². The maximum atomic E-state index is 11.4. The van der Waals surface area contributed by atoms with Gasteiger partial charge in [-0.3, -0.25) is 4.98 Å². The van der Waals surface area contributed by atoms with Gasteiger partial charge in [-0.25, -0.2) is 4.79 Å². The fraction of sp³-hybridized carbons (Fsp3) is 0.238.